The number of carbonyl (C=O) groups is 2. The Hall–Kier alpha value is -1.50. The molecule has 2 heterocycles. The largest absolute Gasteiger partial charge is 0.360 e. The summed E-state index contributed by atoms with van der Waals surface area (Å²) in [5.41, 5.74) is 0. The first-order valence-electron chi connectivity index (χ1n) is 7.16. The van der Waals surface area contributed by atoms with E-state index in [1.54, 1.807) is 13.0 Å². The van der Waals surface area contributed by atoms with Crippen molar-refractivity contribution in [1.82, 2.24) is 10.1 Å². The molecule has 21 heavy (non-hydrogen) atoms. The van der Waals surface area contributed by atoms with Gasteiger partial charge in [0.2, 0.25) is 11.8 Å². The molecule has 1 aliphatic rings. The van der Waals surface area contributed by atoms with Crippen molar-refractivity contribution >= 4 is 29.4 Å². The quantitative estimate of drug-likeness (QED) is 0.901. The number of rotatable bonds is 5. The van der Waals surface area contributed by atoms with Crippen molar-refractivity contribution in [2.45, 2.75) is 39.2 Å². The molecule has 1 fully saturated rings. The van der Waals surface area contributed by atoms with Gasteiger partial charge in [0, 0.05) is 18.7 Å². The molecule has 1 N–H and O–H groups in total. The molecule has 116 valence electrons. The van der Waals surface area contributed by atoms with Gasteiger partial charge < -0.3 is 14.7 Å². The highest BCUT2D eigenvalue weighted by Crippen LogP contribution is 2.18. The Kier molecular flexibility index (Phi) is 5.67. The number of thioether (sulfide) groups is 1. The van der Waals surface area contributed by atoms with Crippen LogP contribution in [0, 0.1) is 6.92 Å². The summed E-state index contributed by atoms with van der Waals surface area (Å²) in [6.45, 7) is 4.68. The minimum atomic E-state index is -0.173. The Balaban J connectivity index is 1.68. The molecule has 7 heteroatoms. The van der Waals surface area contributed by atoms with Crippen molar-refractivity contribution in [2.75, 3.05) is 23.4 Å². The molecule has 0 bridgehead atoms. The van der Waals surface area contributed by atoms with Crippen LogP contribution in [0.25, 0.3) is 0 Å². The van der Waals surface area contributed by atoms with Gasteiger partial charge in [0.15, 0.2) is 5.82 Å². The molecule has 0 spiro atoms. The number of aryl methyl sites for hydroxylation is 1. The zero-order valence-corrected chi connectivity index (χ0v) is 13.2. The van der Waals surface area contributed by atoms with Crippen molar-refractivity contribution in [3.05, 3.63) is 11.8 Å². The van der Waals surface area contributed by atoms with Crippen LogP contribution in [0.3, 0.4) is 0 Å². The summed E-state index contributed by atoms with van der Waals surface area (Å²) in [6, 6.07) is 1.97. The lowest BCUT2D eigenvalue weighted by atomic mass is 10.0. The van der Waals surface area contributed by atoms with E-state index < -0.39 is 0 Å². The van der Waals surface area contributed by atoms with E-state index in [0.717, 1.165) is 19.4 Å². The maximum Gasteiger partial charge on any atom is 0.235 e. The SMILES string of the molecule is Cc1cc(NC(=O)CSCC(=O)N2CCCCC2C)no1. The number of anilines is 1. The van der Waals surface area contributed by atoms with Crippen LogP contribution in [-0.2, 0) is 9.59 Å². The zero-order chi connectivity index (χ0) is 15.2. The third-order valence-corrected chi connectivity index (χ3v) is 4.39. The maximum absolute atomic E-state index is 12.1. The van der Waals surface area contributed by atoms with Crippen LogP contribution < -0.4 is 5.32 Å². The summed E-state index contributed by atoms with van der Waals surface area (Å²) in [5.74, 6) is 1.58. The smallest absolute Gasteiger partial charge is 0.235 e. The standard InChI is InChI=1S/C14H21N3O3S/c1-10-5-3-4-6-17(10)14(19)9-21-8-13(18)15-12-7-11(2)20-16-12/h7,10H,3-6,8-9H2,1-2H3,(H,15,16,18). The van der Waals surface area contributed by atoms with E-state index >= 15 is 0 Å². The predicted octanol–water partition coefficient (Wildman–Crippen LogP) is 2.06. The fourth-order valence-electron chi connectivity index (χ4n) is 2.39. The number of carbonyl (C=O) groups excluding carboxylic acids is 2. The van der Waals surface area contributed by atoms with E-state index in [-0.39, 0.29) is 17.6 Å². The Morgan fingerprint density at radius 1 is 1.48 bits per heavy atom. The predicted molar refractivity (Wildman–Crippen MR) is 82.2 cm³/mol. The highest BCUT2D eigenvalue weighted by molar-refractivity contribution is 8.00. The monoisotopic (exact) mass is 311 g/mol. The number of hydrogen-bond donors (Lipinski definition) is 1. The summed E-state index contributed by atoms with van der Waals surface area (Å²) in [7, 11) is 0. The first kappa shape index (κ1) is 15.9. The summed E-state index contributed by atoms with van der Waals surface area (Å²) in [6.07, 6.45) is 3.34. The summed E-state index contributed by atoms with van der Waals surface area (Å²) < 4.78 is 4.87. The normalized spacial score (nSPS) is 18.6. The average Bonchev–Trinajstić information content (AvgIpc) is 2.84. The van der Waals surface area contributed by atoms with Crippen LogP contribution in [-0.4, -0.2) is 46.0 Å². The van der Waals surface area contributed by atoms with Gasteiger partial charge in [-0.3, -0.25) is 9.59 Å². The second-order valence-corrected chi connectivity index (χ2v) is 6.28. The highest BCUT2D eigenvalue weighted by atomic mass is 32.2. The molecule has 0 radical (unpaired) electrons. The Morgan fingerprint density at radius 2 is 2.29 bits per heavy atom. The van der Waals surface area contributed by atoms with Gasteiger partial charge in [-0.25, -0.2) is 0 Å². The van der Waals surface area contributed by atoms with Gasteiger partial charge >= 0.3 is 0 Å². The third kappa shape index (κ3) is 4.77. The molecule has 0 aliphatic carbocycles. The molecule has 1 unspecified atom stereocenters. The number of piperidine rings is 1. The maximum atomic E-state index is 12.1. The third-order valence-electron chi connectivity index (χ3n) is 3.48. The minimum Gasteiger partial charge on any atom is -0.360 e. The lowest BCUT2D eigenvalue weighted by Gasteiger charge is -2.33. The van der Waals surface area contributed by atoms with E-state index in [1.807, 2.05) is 4.90 Å². The molecular formula is C14H21N3O3S. The van der Waals surface area contributed by atoms with Crippen LogP contribution in [0.5, 0.6) is 0 Å². The van der Waals surface area contributed by atoms with E-state index in [1.165, 1.54) is 18.2 Å². The Bertz CT molecular complexity index is 503. The van der Waals surface area contributed by atoms with Crippen molar-refractivity contribution in [1.29, 1.82) is 0 Å². The molecule has 1 aromatic heterocycles. The highest BCUT2D eigenvalue weighted by Gasteiger charge is 2.22. The van der Waals surface area contributed by atoms with Crippen LogP contribution in [0.2, 0.25) is 0 Å². The van der Waals surface area contributed by atoms with Crippen molar-refractivity contribution < 1.29 is 14.1 Å². The molecule has 0 aromatic carbocycles. The lowest BCUT2D eigenvalue weighted by Crippen LogP contribution is -2.43. The zero-order valence-electron chi connectivity index (χ0n) is 12.4. The molecule has 1 aliphatic heterocycles. The molecule has 6 nitrogen and oxygen atoms in total. The number of likely N-dealkylation sites (tertiary alicyclic amines) is 1. The molecule has 1 aromatic rings. The molecule has 1 saturated heterocycles. The summed E-state index contributed by atoms with van der Waals surface area (Å²) >= 11 is 1.33. The van der Waals surface area contributed by atoms with Gasteiger partial charge in [-0.05, 0) is 33.1 Å². The molecule has 2 amide bonds. The molecule has 2 rings (SSSR count). The van der Waals surface area contributed by atoms with Crippen molar-refractivity contribution in [3.8, 4) is 0 Å². The van der Waals surface area contributed by atoms with Gasteiger partial charge in [0.1, 0.15) is 5.76 Å². The average molecular weight is 311 g/mol. The number of amides is 2. The van der Waals surface area contributed by atoms with Crippen LogP contribution >= 0.6 is 11.8 Å². The Morgan fingerprint density at radius 3 is 2.95 bits per heavy atom. The van der Waals surface area contributed by atoms with Gasteiger partial charge in [0.25, 0.3) is 0 Å². The van der Waals surface area contributed by atoms with Crippen LogP contribution in [0.4, 0.5) is 5.82 Å². The number of nitrogens with zero attached hydrogens (tertiary/aromatic N) is 2. The number of aromatic nitrogens is 1. The first-order valence-corrected chi connectivity index (χ1v) is 8.32. The summed E-state index contributed by atoms with van der Waals surface area (Å²) in [4.78, 5) is 25.7. The fourth-order valence-corrected chi connectivity index (χ4v) is 3.09. The fraction of sp³-hybridized carbons (Fsp3) is 0.643. The second kappa shape index (κ2) is 7.49. The topological polar surface area (TPSA) is 75.4 Å². The summed E-state index contributed by atoms with van der Waals surface area (Å²) in [5, 5.41) is 6.33. The van der Waals surface area contributed by atoms with Crippen LogP contribution in [0.1, 0.15) is 31.9 Å². The minimum absolute atomic E-state index is 0.122. The number of hydrogen-bond acceptors (Lipinski definition) is 5. The van der Waals surface area contributed by atoms with E-state index in [9.17, 15) is 9.59 Å². The molecule has 0 saturated carbocycles. The van der Waals surface area contributed by atoms with Gasteiger partial charge in [-0.15, -0.1) is 11.8 Å². The second-order valence-electron chi connectivity index (χ2n) is 5.30. The van der Waals surface area contributed by atoms with Gasteiger partial charge in [-0.2, -0.15) is 0 Å². The van der Waals surface area contributed by atoms with Gasteiger partial charge in [0.05, 0.1) is 11.5 Å². The van der Waals surface area contributed by atoms with E-state index in [2.05, 4.69) is 17.4 Å². The number of nitrogens with one attached hydrogen (secondary N) is 1. The van der Waals surface area contributed by atoms with E-state index in [4.69, 9.17) is 4.52 Å². The van der Waals surface area contributed by atoms with Crippen LogP contribution in [0.15, 0.2) is 10.6 Å². The van der Waals surface area contributed by atoms with Crippen molar-refractivity contribution in [2.24, 2.45) is 0 Å². The molecular weight excluding hydrogens is 290 g/mol. The first-order chi connectivity index (χ1) is 10.1. The van der Waals surface area contributed by atoms with Gasteiger partial charge in [-0.1, -0.05) is 5.16 Å². The van der Waals surface area contributed by atoms with Crippen molar-refractivity contribution in [3.63, 3.8) is 0 Å². The Labute approximate surface area is 128 Å². The molecule has 1 atom stereocenters. The lowest BCUT2D eigenvalue weighted by molar-refractivity contribution is -0.131. The van der Waals surface area contributed by atoms with E-state index in [0.29, 0.717) is 23.4 Å².